The maximum absolute atomic E-state index is 4.42. The number of hydrogen-bond donors (Lipinski definition) is 0. The zero-order valence-corrected chi connectivity index (χ0v) is 48.8. The first kappa shape index (κ1) is 60.1. The summed E-state index contributed by atoms with van der Waals surface area (Å²) in [5.41, 5.74) is 26.6. The van der Waals surface area contributed by atoms with Crippen LogP contribution < -0.4 is 0 Å². The second-order valence-electron chi connectivity index (χ2n) is 21.2. The van der Waals surface area contributed by atoms with Gasteiger partial charge in [-0.15, -0.1) is 0 Å². The molecule has 0 heteroatoms. The Morgan fingerprint density at radius 2 is 0.961 bits per heavy atom. The molecule has 1 aliphatic carbocycles. The highest BCUT2D eigenvalue weighted by Gasteiger charge is 2.27. The lowest BCUT2D eigenvalue weighted by Gasteiger charge is -2.18. The maximum Gasteiger partial charge on any atom is -0.0149 e. The average Bonchev–Trinajstić information content (AvgIpc) is 4.31. The van der Waals surface area contributed by atoms with Crippen LogP contribution in [0.5, 0.6) is 0 Å². The van der Waals surface area contributed by atoms with E-state index in [1.54, 1.807) is 0 Å². The van der Waals surface area contributed by atoms with Crippen molar-refractivity contribution in [3.05, 3.63) is 251 Å². The minimum Gasteiger partial charge on any atom is -0.0955 e. The Bertz CT molecular complexity index is 3000. The van der Waals surface area contributed by atoms with E-state index in [0.29, 0.717) is 5.92 Å². The fourth-order valence-corrected chi connectivity index (χ4v) is 10.2. The highest BCUT2D eigenvalue weighted by Crippen LogP contribution is 2.46. The summed E-state index contributed by atoms with van der Waals surface area (Å²) in [6.45, 7) is 37.1. The Balaban J connectivity index is 0.000000233. The molecule has 1 unspecified atom stereocenters. The molecule has 1 fully saturated rings. The first-order valence-corrected chi connectivity index (χ1v) is 28.7. The summed E-state index contributed by atoms with van der Waals surface area (Å²) < 4.78 is 0. The molecule has 1 saturated carbocycles. The first-order chi connectivity index (χ1) is 36.8. The van der Waals surface area contributed by atoms with Crippen LogP contribution in [0.2, 0.25) is 0 Å². The van der Waals surface area contributed by atoms with Gasteiger partial charge in [-0.05, 0) is 210 Å². The average molecular weight is 1010 g/mol. The van der Waals surface area contributed by atoms with Gasteiger partial charge in [-0.3, -0.25) is 0 Å². The maximum atomic E-state index is 4.42. The quantitative estimate of drug-likeness (QED) is 0.0708. The fraction of sp³-hybridized carbons (Fsp3) is 0.316. The monoisotopic (exact) mass is 1000 g/mol. The van der Waals surface area contributed by atoms with Crippen molar-refractivity contribution in [3.63, 3.8) is 0 Å². The van der Waals surface area contributed by atoms with Crippen LogP contribution >= 0.6 is 0 Å². The van der Waals surface area contributed by atoms with Crippen LogP contribution in [-0.4, -0.2) is 0 Å². The second-order valence-corrected chi connectivity index (χ2v) is 21.2. The van der Waals surface area contributed by atoms with Crippen LogP contribution in [-0.2, 0) is 0 Å². The molecule has 76 heavy (non-hydrogen) atoms. The lowest BCUT2D eigenvalue weighted by atomic mass is 9.86. The van der Waals surface area contributed by atoms with Crippen LogP contribution in [0.3, 0.4) is 0 Å². The molecule has 0 spiro atoms. The molecule has 0 nitrogen and oxygen atoms in total. The van der Waals surface area contributed by atoms with Crippen molar-refractivity contribution in [2.24, 2.45) is 0 Å². The van der Waals surface area contributed by atoms with Crippen LogP contribution in [0.15, 0.2) is 201 Å². The predicted molar refractivity (Wildman–Crippen MR) is 342 cm³/mol. The number of aryl methyl sites for hydroxylation is 1. The number of allylic oxidation sites excluding steroid dienone is 7. The fourth-order valence-electron chi connectivity index (χ4n) is 10.2. The summed E-state index contributed by atoms with van der Waals surface area (Å²) in [4.78, 5) is 0. The van der Waals surface area contributed by atoms with E-state index in [1.807, 2.05) is 6.07 Å². The molecule has 396 valence electrons. The van der Waals surface area contributed by atoms with Crippen molar-refractivity contribution in [2.75, 3.05) is 0 Å². The Hall–Kier alpha value is -6.76. The third-order valence-corrected chi connectivity index (χ3v) is 15.0. The molecule has 0 aromatic heterocycles. The topological polar surface area (TPSA) is 0 Å². The summed E-state index contributed by atoms with van der Waals surface area (Å²) in [6.07, 6.45) is 13.1. The normalized spacial score (nSPS) is 12.7. The molecule has 0 N–H and O–H groups in total. The molecule has 0 aliphatic heterocycles. The Morgan fingerprint density at radius 1 is 0.461 bits per heavy atom. The molecule has 0 heterocycles. The van der Waals surface area contributed by atoms with E-state index in [0.717, 1.165) is 37.2 Å². The number of rotatable bonds is 19. The Morgan fingerprint density at radius 3 is 1.53 bits per heavy atom. The van der Waals surface area contributed by atoms with Crippen molar-refractivity contribution in [2.45, 2.75) is 159 Å². The molecule has 1 atom stereocenters. The third kappa shape index (κ3) is 17.7. The van der Waals surface area contributed by atoms with E-state index >= 15 is 0 Å². The minimum atomic E-state index is 0.679. The van der Waals surface area contributed by atoms with Gasteiger partial charge in [-0.2, -0.15) is 0 Å². The lowest BCUT2D eigenvalue weighted by Crippen LogP contribution is -1.97. The molecule has 8 rings (SSSR count). The van der Waals surface area contributed by atoms with Crippen molar-refractivity contribution >= 4 is 33.4 Å². The van der Waals surface area contributed by atoms with Gasteiger partial charge in [0.1, 0.15) is 0 Å². The number of hydrogen-bond acceptors (Lipinski definition) is 0. The minimum absolute atomic E-state index is 0.679. The summed E-state index contributed by atoms with van der Waals surface area (Å²) in [7, 11) is 0. The van der Waals surface area contributed by atoms with Crippen molar-refractivity contribution in [1.29, 1.82) is 0 Å². The number of benzene rings is 7. The zero-order valence-electron chi connectivity index (χ0n) is 48.8. The smallest absolute Gasteiger partial charge is 0.0149 e. The van der Waals surface area contributed by atoms with Gasteiger partial charge in [0, 0.05) is 0 Å². The molecular formula is C76H92. The predicted octanol–water partition coefficient (Wildman–Crippen LogP) is 23.8. The molecule has 7 aromatic carbocycles. The molecule has 0 amide bonds. The van der Waals surface area contributed by atoms with E-state index in [2.05, 4.69) is 266 Å². The van der Waals surface area contributed by atoms with Gasteiger partial charge in [-0.1, -0.05) is 256 Å². The SMILES string of the molecule is C=C(C)c1cccc(-c2cccc(-c3ccc(C4CC4)c(/C(C)=C(\C)c4ccccc4C(=C)CCC)c3)c2)c1.C=C(CCC)c1ccccc1.CCC/C(=C(/C)CC)c1ccccc1.CCCC(C)c1ccccc1C. The molecule has 0 radical (unpaired) electrons. The van der Waals surface area contributed by atoms with E-state index in [9.17, 15) is 0 Å². The molecule has 0 saturated heterocycles. The summed E-state index contributed by atoms with van der Waals surface area (Å²) in [6, 6.07) is 63.3. The van der Waals surface area contributed by atoms with Gasteiger partial charge < -0.3 is 0 Å². The van der Waals surface area contributed by atoms with Gasteiger partial charge in [0.15, 0.2) is 0 Å². The van der Waals surface area contributed by atoms with Crippen LogP contribution in [0.4, 0.5) is 0 Å². The van der Waals surface area contributed by atoms with E-state index < -0.39 is 0 Å². The molecule has 0 bridgehead atoms. The molecule has 7 aromatic rings. The largest absolute Gasteiger partial charge is 0.0955 e. The highest BCUT2D eigenvalue weighted by atomic mass is 14.3. The summed E-state index contributed by atoms with van der Waals surface area (Å²) >= 11 is 0. The molecule has 1 aliphatic rings. The Labute approximate surface area is 463 Å². The van der Waals surface area contributed by atoms with Crippen LogP contribution in [0.1, 0.15) is 202 Å². The van der Waals surface area contributed by atoms with Gasteiger partial charge in [0.05, 0.1) is 0 Å². The molecular weight excluding hydrogens is 913 g/mol. The van der Waals surface area contributed by atoms with Crippen molar-refractivity contribution < 1.29 is 0 Å². The third-order valence-electron chi connectivity index (χ3n) is 15.0. The lowest BCUT2D eigenvalue weighted by molar-refractivity contribution is 0.661. The summed E-state index contributed by atoms with van der Waals surface area (Å²) in [5.74, 6) is 1.40. The highest BCUT2D eigenvalue weighted by molar-refractivity contribution is 5.94. The van der Waals surface area contributed by atoms with E-state index in [-0.39, 0.29) is 0 Å². The zero-order chi connectivity index (χ0) is 55.0. The van der Waals surface area contributed by atoms with Crippen molar-refractivity contribution in [3.8, 4) is 22.3 Å². The van der Waals surface area contributed by atoms with Gasteiger partial charge in [-0.25, -0.2) is 0 Å². The van der Waals surface area contributed by atoms with Gasteiger partial charge in [0.25, 0.3) is 0 Å². The van der Waals surface area contributed by atoms with Gasteiger partial charge >= 0.3 is 0 Å². The Kier molecular flexibility index (Phi) is 24.8. The van der Waals surface area contributed by atoms with Crippen LogP contribution in [0, 0.1) is 6.92 Å². The standard InChI is InChI=1S/C39H40.C14H20.C12H18.C11H14/c1-7-12-27(4)36-17-8-9-18-37(36)28(5)29(6)39-25-35(21-22-38(39)30-19-20-30)34-16-11-15-33(24-34)32-14-10-13-31(23-32)26(2)3;1-4-9-14(12(3)5-2)13-10-7-6-8-11-13;1-4-7-10(2)12-9-6-5-8-11(12)3;1-3-7-10(2)11-8-5-4-6-9-11/h8-11,13-18,21-25,30H,2,4,7,12,19-20H2,1,3,5-6H3;6-8,10-11H,4-5,9H2,1-3H3;5-6,8-10H,4,7H2,1-3H3;4-6,8-9H,2-3,7H2,1H3/b29-28+;14-12+;;. The van der Waals surface area contributed by atoms with Crippen LogP contribution in [0.25, 0.3) is 55.7 Å². The summed E-state index contributed by atoms with van der Waals surface area (Å²) in [5, 5.41) is 0. The van der Waals surface area contributed by atoms with E-state index in [1.165, 1.54) is 151 Å². The van der Waals surface area contributed by atoms with Crippen molar-refractivity contribution in [1.82, 2.24) is 0 Å². The first-order valence-electron chi connectivity index (χ1n) is 28.7. The second kappa shape index (κ2) is 31.3. The van der Waals surface area contributed by atoms with E-state index in [4.69, 9.17) is 0 Å². The van der Waals surface area contributed by atoms with Gasteiger partial charge in [0.2, 0.25) is 0 Å².